The minimum absolute atomic E-state index is 0.0831. The molecule has 0 aliphatic carbocycles. The molecule has 1 heterocycles. The molecule has 1 aliphatic heterocycles. The van der Waals surface area contributed by atoms with Crippen LogP contribution in [0.1, 0.15) is 10.4 Å². The van der Waals surface area contributed by atoms with E-state index in [4.69, 9.17) is 0 Å². The first-order valence-electron chi connectivity index (χ1n) is 7.73. The molecule has 3 rings (SSSR count). The van der Waals surface area contributed by atoms with Gasteiger partial charge in [-0.05, 0) is 30.3 Å². The van der Waals surface area contributed by atoms with Crippen LogP contribution in [-0.2, 0) is 0 Å². The Bertz CT molecular complexity index is 802. The monoisotopic (exact) mass is 345 g/mol. The molecule has 0 atom stereocenters. The summed E-state index contributed by atoms with van der Waals surface area (Å²) in [4.78, 5) is 26.4. The molecule has 1 N–H and O–H groups in total. The number of amides is 1. The molecule has 25 heavy (non-hydrogen) atoms. The summed E-state index contributed by atoms with van der Waals surface area (Å²) in [6.45, 7) is 1.48. The second kappa shape index (κ2) is 6.76. The number of hydrogen-bond donors (Lipinski definition) is 1. The Labute approximate surface area is 143 Å². The third-order valence-electron chi connectivity index (χ3n) is 4.16. The molecule has 0 bridgehead atoms. The van der Waals surface area contributed by atoms with E-state index < -0.39 is 10.7 Å². The van der Waals surface area contributed by atoms with Gasteiger partial charge in [0.25, 0.3) is 11.6 Å². The van der Waals surface area contributed by atoms with Crippen LogP contribution in [0.4, 0.5) is 15.8 Å². The van der Waals surface area contributed by atoms with Crippen LogP contribution < -0.4 is 4.90 Å². The zero-order chi connectivity index (χ0) is 18.0. The maximum absolute atomic E-state index is 13.5. The van der Waals surface area contributed by atoms with Crippen molar-refractivity contribution < 1.29 is 19.2 Å². The van der Waals surface area contributed by atoms with Crippen molar-refractivity contribution in [3.8, 4) is 5.75 Å². The zero-order valence-corrected chi connectivity index (χ0v) is 13.3. The highest BCUT2D eigenvalue weighted by molar-refractivity contribution is 5.94. The summed E-state index contributed by atoms with van der Waals surface area (Å²) in [7, 11) is 0. The Morgan fingerprint density at radius 1 is 1.08 bits per heavy atom. The summed E-state index contributed by atoms with van der Waals surface area (Å²) >= 11 is 0. The highest BCUT2D eigenvalue weighted by atomic mass is 19.1. The first-order valence-corrected chi connectivity index (χ1v) is 7.73. The topological polar surface area (TPSA) is 86.9 Å². The molecule has 7 nitrogen and oxygen atoms in total. The minimum atomic E-state index is -0.539. The van der Waals surface area contributed by atoms with Crippen LogP contribution in [0.2, 0.25) is 0 Å². The SMILES string of the molecule is O=C(c1ccc(O)cc1)N1CCN(c2cc(F)ccc2[N+](=O)[O-])CC1. The van der Waals surface area contributed by atoms with Gasteiger partial charge in [0.1, 0.15) is 17.3 Å². The Hall–Kier alpha value is -3.16. The van der Waals surface area contributed by atoms with Crippen LogP contribution in [-0.4, -0.2) is 47.0 Å². The lowest BCUT2D eigenvalue weighted by Crippen LogP contribution is -2.49. The van der Waals surface area contributed by atoms with Gasteiger partial charge in [-0.3, -0.25) is 14.9 Å². The number of nitro benzene ring substituents is 1. The lowest BCUT2D eigenvalue weighted by atomic mass is 10.1. The molecule has 1 fully saturated rings. The molecule has 1 aliphatic rings. The quantitative estimate of drug-likeness (QED) is 0.682. The molecule has 0 radical (unpaired) electrons. The number of nitro groups is 1. The van der Waals surface area contributed by atoms with E-state index in [9.17, 15) is 24.4 Å². The van der Waals surface area contributed by atoms with E-state index in [-0.39, 0.29) is 23.0 Å². The maximum atomic E-state index is 13.5. The van der Waals surface area contributed by atoms with Crippen molar-refractivity contribution >= 4 is 17.3 Å². The van der Waals surface area contributed by atoms with E-state index in [0.717, 1.165) is 18.2 Å². The van der Waals surface area contributed by atoms with Gasteiger partial charge in [0.2, 0.25) is 0 Å². The minimum Gasteiger partial charge on any atom is -0.508 e. The summed E-state index contributed by atoms with van der Waals surface area (Å²) < 4.78 is 13.5. The molecule has 1 amide bonds. The zero-order valence-electron chi connectivity index (χ0n) is 13.3. The van der Waals surface area contributed by atoms with E-state index in [1.807, 2.05) is 0 Å². The molecule has 0 spiro atoms. The standard InChI is InChI=1S/C17H16FN3O4/c18-13-3-6-15(21(24)25)16(11-13)19-7-9-20(10-8-19)17(23)12-1-4-14(22)5-2-12/h1-6,11,22H,7-10H2. The van der Waals surface area contributed by atoms with Gasteiger partial charge in [-0.25, -0.2) is 4.39 Å². The molecule has 0 saturated carbocycles. The summed E-state index contributed by atoms with van der Waals surface area (Å²) in [6, 6.07) is 9.34. The third-order valence-corrected chi connectivity index (χ3v) is 4.16. The molecule has 0 aromatic heterocycles. The predicted octanol–water partition coefficient (Wildman–Crippen LogP) is 2.40. The summed E-state index contributed by atoms with van der Waals surface area (Å²) in [5.41, 5.74) is 0.532. The van der Waals surface area contributed by atoms with Crippen molar-refractivity contribution in [3.63, 3.8) is 0 Å². The van der Waals surface area contributed by atoms with Gasteiger partial charge in [0.05, 0.1) is 4.92 Å². The second-order valence-corrected chi connectivity index (χ2v) is 5.72. The van der Waals surface area contributed by atoms with Crippen molar-refractivity contribution in [1.82, 2.24) is 4.90 Å². The molecule has 130 valence electrons. The number of hydrogen-bond acceptors (Lipinski definition) is 5. The average molecular weight is 345 g/mol. The first-order chi connectivity index (χ1) is 12.0. The lowest BCUT2D eigenvalue weighted by Gasteiger charge is -2.35. The average Bonchev–Trinajstić information content (AvgIpc) is 2.61. The Morgan fingerprint density at radius 3 is 2.32 bits per heavy atom. The van der Waals surface area contributed by atoms with Crippen molar-refractivity contribution in [2.75, 3.05) is 31.1 Å². The number of anilines is 1. The van der Waals surface area contributed by atoms with Gasteiger partial charge in [0, 0.05) is 43.9 Å². The molecular weight excluding hydrogens is 329 g/mol. The number of piperazine rings is 1. The van der Waals surface area contributed by atoms with Crippen molar-refractivity contribution in [2.24, 2.45) is 0 Å². The van der Waals surface area contributed by atoms with E-state index in [0.29, 0.717) is 31.7 Å². The number of phenols is 1. The molecule has 2 aromatic carbocycles. The Kier molecular flexibility index (Phi) is 4.51. The fourth-order valence-corrected chi connectivity index (χ4v) is 2.84. The summed E-state index contributed by atoms with van der Waals surface area (Å²) in [5, 5.41) is 20.4. The van der Waals surface area contributed by atoms with Crippen molar-refractivity contribution in [1.29, 1.82) is 0 Å². The largest absolute Gasteiger partial charge is 0.508 e. The highest BCUT2D eigenvalue weighted by Crippen LogP contribution is 2.29. The van der Waals surface area contributed by atoms with Crippen LogP contribution in [0.3, 0.4) is 0 Å². The number of carbonyl (C=O) groups excluding carboxylic acids is 1. The smallest absolute Gasteiger partial charge is 0.292 e. The van der Waals surface area contributed by atoms with Gasteiger partial charge in [-0.15, -0.1) is 0 Å². The molecule has 2 aromatic rings. The Morgan fingerprint density at radius 2 is 1.72 bits per heavy atom. The van der Waals surface area contributed by atoms with Crippen LogP contribution in [0.5, 0.6) is 5.75 Å². The summed E-state index contributed by atoms with van der Waals surface area (Å²) in [5.74, 6) is -0.628. The number of benzene rings is 2. The normalized spacial score (nSPS) is 14.4. The number of phenolic OH excluding ortho intramolecular Hbond substituents is 1. The summed E-state index contributed by atoms with van der Waals surface area (Å²) in [6.07, 6.45) is 0. The van der Waals surface area contributed by atoms with E-state index in [1.54, 1.807) is 21.9 Å². The van der Waals surface area contributed by atoms with Crippen LogP contribution >= 0.6 is 0 Å². The van der Waals surface area contributed by atoms with Gasteiger partial charge in [-0.2, -0.15) is 0 Å². The van der Waals surface area contributed by atoms with Crippen molar-refractivity contribution in [2.45, 2.75) is 0 Å². The second-order valence-electron chi connectivity index (χ2n) is 5.72. The van der Waals surface area contributed by atoms with Gasteiger partial charge in [0.15, 0.2) is 0 Å². The Balaban J connectivity index is 1.72. The van der Waals surface area contributed by atoms with Crippen molar-refractivity contribution in [3.05, 3.63) is 64.0 Å². The number of nitrogens with zero attached hydrogens (tertiary/aromatic N) is 3. The highest BCUT2D eigenvalue weighted by Gasteiger charge is 2.26. The van der Waals surface area contributed by atoms with E-state index >= 15 is 0 Å². The number of aromatic hydroxyl groups is 1. The fourth-order valence-electron chi connectivity index (χ4n) is 2.84. The van der Waals surface area contributed by atoms with Gasteiger partial charge >= 0.3 is 0 Å². The van der Waals surface area contributed by atoms with Gasteiger partial charge in [-0.1, -0.05) is 0 Å². The number of carbonyl (C=O) groups is 1. The molecule has 0 unspecified atom stereocenters. The third kappa shape index (κ3) is 3.52. The number of halogens is 1. The number of rotatable bonds is 3. The predicted molar refractivity (Wildman–Crippen MR) is 89.3 cm³/mol. The molecular formula is C17H16FN3O4. The van der Waals surface area contributed by atoms with Crippen LogP contribution in [0.15, 0.2) is 42.5 Å². The van der Waals surface area contributed by atoms with E-state index in [1.165, 1.54) is 12.1 Å². The molecule has 8 heteroatoms. The lowest BCUT2D eigenvalue weighted by molar-refractivity contribution is -0.384. The van der Waals surface area contributed by atoms with Crippen LogP contribution in [0, 0.1) is 15.9 Å². The maximum Gasteiger partial charge on any atom is 0.292 e. The fraction of sp³-hybridized carbons (Fsp3) is 0.235. The van der Waals surface area contributed by atoms with Gasteiger partial charge < -0.3 is 14.9 Å². The first kappa shape index (κ1) is 16.7. The van der Waals surface area contributed by atoms with E-state index in [2.05, 4.69) is 0 Å². The molecule has 1 saturated heterocycles. The van der Waals surface area contributed by atoms with Crippen LogP contribution in [0.25, 0.3) is 0 Å².